The average molecular weight is 242 g/mol. The summed E-state index contributed by atoms with van der Waals surface area (Å²) in [7, 11) is 0. The molecule has 0 saturated heterocycles. The molecule has 1 aromatic rings. The molecule has 0 saturated carbocycles. The number of esters is 1. The summed E-state index contributed by atoms with van der Waals surface area (Å²) in [4.78, 5) is 28.3. The quantitative estimate of drug-likeness (QED) is 0.490. The molecule has 0 radical (unpaired) electrons. The van der Waals surface area contributed by atoms with Crippen LogP contribution in [-0.2, 0) is 9.53 Å². The first-order valence-corrected chi connectivity index (χ1v) is 5.76. The molecule has 0 unspecified atom stereocenters. The summed E-state index contributed by atoms with van der Waals surface area (Å²) in [6.07, 6.45) is 1.49. The number of rotatable bonds is 3. The first-order valence-electron chi connectivity index (χ1n) is 4.77. The van der Waals surface area contributed by atoms with Crippen LogP contribution in [0.25, 0.3) is 0 Å². The lowest BCUT2D eigenvalue weighted by atomic mass is 10.2. The van der Waals surface area contributed by atoms with E-state index in [0.29, 0.717) is 5.03 Å². The standard InChI is InChI=1S/C10H14N2O3S/c1-10(2,3)15-8(13)6-16-7-4-5-11-9(14)12-7/h4-5H,6H2,1-3H3,(H,11,12,14). The number of hydrogen-bond donors (Lipinski definition) is 1. The maximum Gasteiger partial charge on any atom is 0.345 e. The number of nitrogens with one attached hydrogen (secondary N) is 1. The monoisotopic (exact) mass is 242 g/mol. The van der Waals surface area contributed by atoms with Crippen LogP contribution in [0.1, 0.15) is 20.8 Å². The first-order chi connectivity index (χ1) is 7.37. The van der Waals surface area contributed by atoms with Gasteiger partial charge in [-0.05, 0) is 26.8 Å². The minimum absolute atomic E-state index is 0.147. The van der Waals surface area contributed by atoms with Gasteiger partial charge in [0.2, 0.25) is 0 Å². The molecule has 6 heteroatoms. The highest BCUT2D eigenvalue weighted by Gasteiger charge is 2.16. The number of aromatic nitrogens is 2. The van der Waals surface area contributed by atoms with Gasteiger partial charge in [0.25, 0.3) is 0 Å². The van der Waals surface area contributed by atoms with Crippen LogP contribution >= 0.6 is 11.8 Å². The van der Waals surface area contributed by atoms with Crippen LogP contribution in [0.2, 0.25) is 0 Å². The van der Waals surface area contributed by atoms with Gasteiger partial charge < -0.3 is 9.72 Å². The number of ether oxygens (including phenoxy) is 1. The Hall–Kier alpha value is -1.30. The Morgan fingerprint density at radius 1 is 1.56 bits per heavy atom. The Balaban J connectivity index is 2.46. The molecule has 0 aliphatic heterocycles. The van der Waals surface area contributed by atoms with Crippen LogP contribution in [-0.4, -0.2) is 27.3 Å². The van der Waals surface area contributed by atoms with Crippen molar-refractivity contribution in [2.75, 3.05) is 5.75 Å². The minimum atomic E-state index is -0.487. The lowest BCUT2D eigenvalue weighted by molar-refractivity contribution is -0.151. The number of thioether (sulfide) groups is 1. The summed E-state index contributed by atoms with van der Waals surface area (Å²) >= 11 is 1.18. The molecule has 1 rings (SSSR count). The van der Waals surface area contributed by atoms with E-state index < -0.39 is 11.3 Å². The maximum absolute atomic E-state index is 11.4. The molecule has 1 heterocycles. The highest BCUT2D eigenvalue weighted by Crippen LogP contribution is 2.15. The second-order valence-corrected chi connectivity index (χ2v) is 5.10. The van der Waals surface area contributed by atoms with Gasteiger partial charge in [0, 0.05) is 6.20 Å². The molecule has 0 spiro atoms. The summed E-state index contributed by atoms with van der Waals surface area (Å²) < 4.78 is 5.12. The van der Waals surface area contributed by atoms with Crippen molar-refractivity contribution >= 4 is 17.7 Å². The third-order valence-corrected chi connectivity index (χ3v) is 2.31. The predicted octanol–water partition coefficient (Wildman–Crippen LogP) is 1.20. The van der Waals surface area contributed by atoms with Gasteiger partial charge in [-0.15, -0.1) is 0 Å². The SMILES string of the molecule is CC(C)(C)OC(=O)CSc1cc[nH]c(=O)n1. The first kappa shape index (κ1) is 12.8. The predicted molar refractivity (Wildman–Crippen MR) is 61.4 cm³/mol. The van der Waals surface area contributed by atoms with Crippen LogP contribution in [0, 0.1) is 0 Å². The lowest BCUT2D eigenvalue weighted by Crippen LogP contribution is -2.25. The van der Waals surface area contributed by atoms with Crippen LogP contribution in [0.5, 0.6) is 0 Å². The second-order valence-electron chi connectivity index (χ2n) is 4.11. The van der Waals surface area contributed by atoms with Gasteiger partial charge in [-0.2, -0.15) is 4.98 Å². The molecule has 0 aliphatic rings. The highest BCUT2D eigenvalue weighted by atomic mass is 32.2. The fourth-order valence-corrected chi connectivity index (χ4v) is 1.57. The zero-order chi connectivity index (χ0) is 12.2. The van der Waals surface area contributed by atoms with Crippen molar-refractivity contribution in [1.29, 1.82) is 0 Å². The molecule has 0 aromatic carbocycles. The van der Waals surface area contributed by atoms with Gasteiger partial charge in [-0.25, -0.2) is 4.79 Å². The van der Waals surface area contributed by atoms with Gasteiger partial charge >= 0.3 is 11.7 Å². The van der Waals surface area contributed by atoms with Crippen LogP contribution in [0.4, 0.5) is 0 Å². The van der Waals surface area contributed by atoms with E-state index in [4.69, 9.17) is 4.74 Å². The number of H-pyrrole nitrogens is 1. The molecule has 0 bridgehead atoms. The highest BCUT2D eigenvalue weighted by molar-refractivity contribution is 7.99. The molecule has 0 atom stereocenters. The zero-order valence-electron chi connectivity index (χ0n) is 9.44. The molecule has 88 valence electrons. The van der Waals surface area contributed by atoms with Gasteiger partial charge in [0.05, 0.1) is 5.75 Å². The Morgan fingerprint density at radius 3 is 2.81 bits per heavy atom. The zero-order valence-corrected chi connectivity index (χ0v) is 10.3. The summed E-state index contributed by atoms with van der Waals surface area (Å²) in [5, 5.41) is 0.509. The fourth-order valence-electron chi connectivity index (χ4n) is 0.938. The topological polar surface area (TPSA) is 72.1 Å². The third kappa shape index (κ3) is 4.97. The smallest absolute Gasteiger partial charge is 0.345 e. The van der Waals surface area contributed by atoms with Crippen molar-refractivity contribution in [2.24, 2.45) is 0 Å². The van der Waals surface area contributed by atoms with Crippen molar-refractivity contribution in [3.05, 3.63) is 22.7 Å². The average Bonchev–Trinajstić information content (AvgIpc) is 2.12. The summed E-state index contributed by atoms with van der Waals surface area (Å²) in [5.74, 6) is -0.173. The number of aromatic amines is 1. The van der Waals surface area contributed by atoms with E-state index in [0.717, 1.165) is 0 Å². The van der Waals surface area contributed by atoms with E-state index in [1.165, 1.54) is 18.0 Å². The van der Waals surface area contributed by atoms with E-state index in [2.05, 4.69) is 9.97 Å². The van der Waals surface area contributed by atoms with Gasteiger partial charge in [-0.3, -0.25) is 4.79 Å². The number of nitrogens with zero attached hydrogens (tertiary/aromatic N) is 1. The normalized spacial score (nSPS) is 11.2. The maximum atomic E-state index is 11.4. The molecule has 5 nitrogen and oxygen atoms in total. The summed E-state index contributed by atoms with van der Waals surface area (Å²) in [6.45, 7) is 5.42. The second kappa shape index (κ2) is 5.16. The van der Waals surface area contributed by atoms with Gasteiger partial charge in [0.1, 0.15) is 10.6 Å². The van der Waals surface area contributed by atoms with E-state index in [1.54, 1.807) is 26.8 Å². The molecule has 16 heavy (non-hydrogen) atoms. The third-order valence-electron chi connectivity index (χ3n) is 1.40. The molecular formula is C10H14N2O3S. The van der Waals surface area contributed by atoms with Crippen LogP contribution in [0.15, 0.2) is 22.1 Å². The van der Waals surface area contributed by atoms with Crippen LogP contribution < -0.4 is 5.69 Å². The minimum Gasteiger partial charge on any atom is -0.459 e. The Morgan fingerprint density at radius 2 is 2.25 bits per heavy atom. The summed E-state index contributed by atoms with van der Waals surface area (Å²) in [5.41, 5.74) is -0.909. The Kier molecular flexibility index (Phi) is 4.12. The van der Waals surface area contributed by atoms with Crippen molar-refractivity contribution in [1.82, 2.24) is 9.97 Å². The number of carbonyl (C=O) groups excluding carboxylic acids is 1. The van der Waals surface area contributed by atoms with E-state index in [-0.39, 0.29) is 11.7 Å². The Bertz CT molecular complexity index is 423. The number of hydrogen-bond acceptors (Lipinski definition) is 5. The molecule has 1 aromatic heterocycles. The summed E-state index contributed by atoms with van der Waals surface area (Å²) in [6, 6.07) is 1.64. The van der Waals surface area contributed by atoms with Gasteiger partial charge in [0.15, 0.2) is 0 Å². The van der Waals surface area contributed by atoms with Crippen molar-refractivity contribution in [2.45, 2.75) is 31.4 Å². The van der Waals surface area contributed by atoms with Crippen molar-refractivity contribution in [3.63, 3.8) is 0 Å². The number of carbonyl (C=O) groups is 1. The molecule has 1 N–H and O–H groups in total. The molecule has 0 fully saturated rings. The lowest BCUT2D eigenvalue weighted by Gasteiger charge is -2.19. The van der Waals surface area contributed by atoms with E-state index in [9.17, 15) is 9.59 Å². The largest absolute Gasteiger partial charge is 0.459 e. The Labute approximate surface area is 97.6 Å². The van der Waals surface area contributed by atoms with E-state index >= 15 is 0 Å². The molecule has 0 aliphatic carbocycles. The molecule has 0 amide bonds. The molecular weight excluding hydrogens is 228 g/mol. The van der Waals surface area contributed by atoms with E-state index in [1.807, 2.05) is 0 Å². The van der Waals surface area contributed by atoms with Gasteiger partial charge in [-0.1, -0.05) is 11.8 Å². The van der Waals surface area contributed by atoms with Crippen LogP contribution in [0.3, 0.4) is 0 Å². The van der Waals surface area contributed by atoms with Crippen molar-refractivity contribution in [3.8, 4) is 0 Å². The van der Waals surface area contributed by atoms with Crippen molar-refractivity contribution < 1.29 is 9.53 Å². The fraction of sp³-hybridized carbons (Fsp3) is 0.500.